The van der Waals surface area contributed by atoms with Gasteiger partial charge >= 0.3 is 6.03 Å². The van der Waals surface area contributed by atoms with Crippen molar-refractivity contribution in [2.45, 2.75) is 25.7 Å². The van der Waals surface area contributed by atoms with E-state index in [-0.39, 0.29) is 41.6 Å². The molecule has 1 atom stereocenters. The zero-order chi connectivity index (χ0) is 19.0. The molecule has 4 rings (SSSR count). The van der Waals surface area contributed by atoms with Crippen molar-refractivity contribution in [2.24, 2.45) is 0 Å². The van der Waals surface area contributed by atoms with Crippen LogP contribution in [0.2, 0.25) is 0 Å². The quantitative estimate of drug-likeness (QED) is 0.833. The van der Waals surface area contributed by atoms with Crippen LogP contribution in [-0.2, 0) is 4.79 Å². The number of likely N-dealkylation sites (tertiary alicyclic amines) is 1. The number of fused-ring (bicyclic) bond motifs is 1. The average Bonchev–Trinajstić information content (AvgIpc) is 3.08. The van der Waals surface area contributed by atoms with E-state index in [0.29, 0.717) is 24.8 Å². The number of hydrogen-bond acceptors (Lipinski definition) is 6. The predicted octanol–water partition coefficient (Wildman–Crippen LogP) is 2.26. The number of carbonyl (C=O) groups excluding carboxylic acids is 2. The summed E-state index contributed by atoms with van der Waals surface area (Å²) in [6.45, 7) is 2.50. The zero-order valence-electron chi connectivity index (χ0n) is 14.6. The number of carbonyl (C=O) groups is 2. The Hall–Kier alpha value is -3.17. The first-order valence-electron chi connectivity index (χ1n) is 8.62. The summed E-state index contributed by atoms with van der Waals surface area (Å²) in [4.78, 5) is 29.9. The molecule has 1 fully saturated rings. The van der Waals surface area contributed by atoms with Crippen molar-refractivity contribution >= 4 is 23.3 Å². The number of piperidine rings is 1. The number of nitrogens with zero attached hydrogens (tertiary/aromatic N) is 3. The minimum atomic E-state index is -0.651. The fourth-order valence-corrected chi connectivity index (χ4v) is 3.28. The van der Waals surface area contributed by atoms with E-state index in [2.05, 4.69) is 20.8 Å². The molecule has 0 radical (unpaired) electrons. The molecule has 0 aliphatic carbocycles. The Morgan fingerprint density at radius 1 is 1.44 bits per heavy atom. The first-order valence-corrected chi connectivity index (χ1v) is 8.62. The van der Waals surface area contributed by atoms with Crippen LogP contribution < -0.4 is 15.4 Å². The molecular formula is C17H18FN5O4. The molecule has 0 bridgehead atoms. The number of ether oxygens (including phenoxy) is 1. The normalized spacial score (nSPS) is 19.1. The van der Waals surface area contributed by atoms with Gasteiger partial charge in [-0.15, -0.1) is 0 Å². The third-order valence-electron chi connectivity index (χ3n) is 4.53. The van der Waals surface area contributed by atoms with Gasteiger partial charge in [0.2, 0.25) is 5.89 Å². The molecule has 0 spiro atoms. The van der Waals surface area contributed by atoms with Crippen LogP contribution in [0.5, 0.6) is 5.75 Å². The van der Waals surface area contributed by atoms with Crippen LogP contribution in [0.3, 0.4) is 0 Å². The number of nitrogens with one attached hydrogen (secondary N) is 2. The Bertz CT molecular complexity index is 899. The van der Waals surface area contributed by atoms with Crippen LogP contribution in [0.25, 0.3) is 0 Å². The number of amides is 3. The highest BCUT2D eigenvalue weighted by molar-refractivity contribution is 5.97. The molecule has 3 heterocycles. The van der Waals surface area contributed by atoms with E-state index >= 15 is 0 Å². The third-order valence-corrected chi connectivity index (χ3v) is 4.53. The van der Waals surface area contributed by atoms with E-state index in [9.17, 15) is 14.0 Å². The Morgan fingerprint density at radius 2 is 2.30 bits per heavy atom. The van der Waals surface area contributed by atoms with Crippen LogP contribution in [0.1, 0.15) is 30.5 Å². The SMILES string of the molecule is Cc1nc([C@H]2CCCN(C(=O)Nc3cc(F)c4c(c3)NC(=O)CO4)C2)no1. The molecule has 9 nitrogen and oxygen atoms in total. The van der Waals surface area contributed by atoms with Gasteiger partial charge in [0.15, 0.2) is 24.0 Å². The molecule has 1 aromatic heterocycles. The van der Waals surface area contributed by atoms with E-state index in [1.807, 2.05) is 0 Å². The third kappa shape index (κ3) is 3.55. The smallest absolute Gasteiger partial charge is 0.321 e. The second-order valence-electron chi connectivity index (χ2n) is 6.56. The standard InChI is InChI=1S/C17H18FN5O4/c1-9-19-16(22-27-9)10-3-2-4-23(7-10)17(25)20-11-5-12(18)15-13(6-11)21-14(24)8-26-15/h5-6,10H,2-4,7-8H2,1H3,(H,20,25)(H,21,24)/t10-/m0/s1. The molecule has 142 valence electrons. The molecular weight excluding hydrogens is 357 g/mol. The minimum absolute atomic E-state index is 0.00472. The van der Waals surface area contributed by atoms with Gasteiger partial charge in [-0.25, -0.2) is 9.18 Å². The van der Waals surface area contributed by atoms with Crippen LogP contribution in [0.15, 0.2) is 16.7 Å². The average molecular weight is 375 g/mol. The number of urea groups is 1. The van der Waals surface area contributed by atoms with Crippen molar-refractivity contribution in [3.63, 3.8) is 0 Å². The lowest BCUT2D eigenvalue weighted by Gasteiger charge is -2.31. The summed E-state index contributed by atoms with van der Waals surface area (Å²) in [6, 6.07) is 2.28. The number of hydrogen-bond donors (Lipinski definition) is 2. The summed E-state index contributed by atoms with van der Waals surface area (Å²) in [5.74, 6) is 0.0133. The first kappa shape index (κ1) is 17.3. The van der Waals surface area contributed by atoms with Crippen molar-refractivity contribution in [1.82, 2.24) is 15.0 Å². The van der Waals surface area contributed by atoms with Crippen LogP contribution >= 0.6 is 0 Å². The van der Waals surface area contributed by atoms with Crippen LogP contribution in [0.4, 0.5) is 20.6 Å². The van der Waals surface area contributed by atoms with E-state index in [4.69, 9.17) is 9.26 Å². The second kappa shape index (κ2) is 6.86. The summed E-state index contributed by atoms with van der Waals surface area (Å²) in [5, 5.41) is 9.14. The summed E-state index contributed by atoms with van der Waals surface area (Å²) >= 11 is 0. The number of halogens is 1. The Balaban J connectivity index is 1.46. The van der Waals surface area contributed by atoms with Gasteiger partial charge in [0.1, 0.15) is 0 Å². The van der Waals surface area contributed by atoms with Gasteiger partial charge in [0.25, 0.3) is 5.91 Å². The molecule has 10 heteroatoms. The maximum absolute atomic E-state index is 14.2. The van der Waals surface area contributed by atoms with Gasteiger partial charge in [0, 0.05) is 37.7 Å². The Labute approximate surface area is 153 Å². The monoisotopic (exact) mass is 375 g/mol. The number of anilines is 2. The van der Waals surface area contributed by atoms with Crippen molar-refractivity contribution in [1.29, 1.82) is 0 Å². The highest BCUT2D eigenvalue weighted by atomic mass is 19.1. The second-order valence-corrected chi connectivity index (χ2v) is 6.56. The van der Waals surface area contributed by atoms with E-state index in [1.165, 1.54) is 6.07 Å². The molecule has 2 N–H and O–H groups in total. The highest BCUT2D eigenvalue weighted by Gasteiger charge is 2.28. The minimum Gasteiger partial charge on any atom is -0.478 e. The fraction of sp³-hybridized carbons (Fsp3) is 0.412. The van der Waals surface area contributed by atoms with Crippen molar-refractivity contribution < 1.29 is 23.2 Å². The zero-order valence-corrected chi connectivity index (χ0v) is 14.6. The topological polar surface area (TPSA) is 110 Å². The number of rotatable bonds is 2. The molecule has 1 aromatic carbocycles. The van der Waals surface area contributed by atoms with Crippen molar-refractivity contribution in [3.05, 3.63) is 29.7 Å². The van der Waals surface area contributed by atoms with Crippen LogP contribution in [-0.4, -0.2) is 46.7 Å². The van der Waals surface area contributed by atoms with E-state index in [0.717, 1.165) is 18.9 Å². The van der Waals surface area contributed by atoms with Gasteiger partial charge in [-0.05, 0) is 18.9 Å². The Kier molecular flexibility index (Phi) is 4.38. The maximum Gasteiger partial charge on any atom is 0.321 e. The number of benzene rings is 1. The molecule has 1 saturated heterocycles. The lowest BCUT2D eigenvalue weighted by atomic mass is 9.98. The largest absolute Gasteiger partial charge is 0.478 e. The van der Waals surface area contributed by atoms with E-state index in [1.54, 1.807) is 11.8 Å². The van der Waals surface area contributed by atoms with Gasteiger partial charge in [-0.3, -0.25) is 4.79 Å². The fourth-order valence-electron chi connectivity index (χ4n) is 3.28. The molecule has 0 saturated carbocycles. The summed E-state index contributed by atoms with van der Waals surface area (Å²) in [6.07, 6.45) is 1.66. The molecule has 27 heavy (non-hydrogen) atoms. The molecule has 2 aromatic rings. The highest BCUT2D eigenvalue weighted by Crippen LogP contribution is 2.34. The maximum atomic E-state index is 14.2. The lowest BCUT2D eigenvalue weighted by Crippen LogP contribution is -2.41. The Morgan fingerprint density at radius 3 is 3.07 bits per heavy atom. The summed E-state index contributed by atoms with van der Waals surface area (Å²) in [5.41, 5.74) is 0.430. The molecule has 0 unspecified atom stereocenters. The number of aryl methyl sites for hydroxylation is 1. The van der Waals surface area contributed by atoms with Crippen molar-refractivity contribution in [3.8, 4) is 5.75 Å². The van der Waals surface area contributed by atoms with E-state index < -0.39 is 5.82 Å². The predicted molar refractivity (Wildman–Crippen MR) is 92.1 cm³/mol. The number of aromatic nitrogens is 2. The van der Waals surface area contributed by atoms with Gasteiger partial charge < -0.3 is 24.8 Å². The summed E-state index contributed by atoms with van der Waals surface area (Å²) in [7, 11) is 0. The molecule has 2 aliphatic heterocycles. The molecule has 2 aliphatic rings. The van der Waals surface area contributed by atoms with Gasteiger partial charge in [-0.2, -0.15) is 4.98 Å². The van der Waals surface area contributed by atoms with Crippen LogP contribution in [0, 0.1) is 12.7 Å². The first-order chi connectivity index (χ1) is 13.0. The lowest BCUT2D eigenvalue weighted by molar-refractivity contribution is -0.118. The summed E-state index contributed by atoms with van der Waals surface area (Å²) < 4.78 is 24.3. The van der Waals surface area contributed by atoms with Crippen molar-refractivity contribution in [2.75, 3.05) is 30.3 Å². The van der Waals surface area contributed by atoms with Gasteiger partial charge in [-0.1, -0.05) is 5.16 Å². The molecule has 3 amide bonds. The van der Waals surface area contributed by atoms with Gasteiger partial charge in [0.05, 0.1) is 5.69 Å².